The Kier molecular flexibility index (Phi) is 3.30. The third kappa shape index (κ3) is 2.34. The highest BCUT2D eigenvalue weighted by molar-refractivity contribution is 14.1. The quantitative estimate of drug-likeness (QED) is 0.521. The molecule has 0 radical (unpaired) electrons. The molecule has 1 unspecified atom stereocenters. The van der Waals surface area contributed by atoms with Crippen LogP contribution in [0.1, 0.15) is 16.4 Å². The highest BCUT2D eigenvalue weighted by Crippen LogP contribution is 2.29. The first-order valence-corrected chi connectivity index (χ1v) is 6.21. The normalized spacial score (nSPS) is 12.7. The minimum Gasteiger partial charge on any atom is -0.157 e. The number of hydrogen-bond donors (Lipinski definition) is 1. The summed E-state index contributed by atoms with van der Waals surface area (Å²) < 4.78 is 0.399. The van der Waals surface area contributed by atoms with Gasteiger partial charge >= 0.3 is 0 Å². The number of alkyl halides is 1. The molecule has 1 heterocycles. The van der Waals surface area contributed by atoms with Gasteiger partial charge < -0.3 is 0 Å². The van der Waals surface area contributed by atoms with E-state index in [9.17, 15) is 0 Å². The van der Waals surface area contributed by atoms with E-state index < -0.39 is 0 Å². The van der Waals surface area contributed by atoms with Gasteiger partial charge in [0.1, 0.15) is 0 Å². The second kappa shape index (κ2) is 4.52. The van der Waals surface area contributed by atoms with Gasteiger partial charge in [-0.15, -0.1) is 12.6 Å². The van der Waals surface area contributed by atoms with Crippen molar-refractivity contribution in [1.82, 2.24) is 15.0 Å². The second-order valence-electron chi connectivity index (χ2n) is 3.18. The van der Waals surface area contributed by atoms with Crippen LogP contribution in [0.5, 0.6) is 0 Å². The van der Waals surface area contributed by atoms with Crippen LogP contribution < -0.4 is 0 Å². The van der Waals surface area contributed by atoms with Crippen molar-refractivity contribution in [3.8, 4) is 5.69 Å². The molecule has 1 atom stereocenters. The fourth-order valence-electron chi connectivity index (χ4n) is 1.38. The van der Waals surface area contributed by atoms with E-state index in [0.29, 0.717) is 3.92 Å². The van der Waals surface area contributed by atoms with Crippen molar-refractivity contribution in [2.24, 2.45) is 0 Å². The summed E-state index contributed by atoms with van der Waals surface area (Å²) in [5, 5.41) is 8.27. The Morgan fingerprint density at radius 3 is 2.60 bits per heavy atom. The molecule has 5 heteroatoms. The number of benzene rings is 1. The minimum absolute atomic E-state index is 0.399. The first-order valence-electron chi connectivity index (χ1n) is 4.52. The second-order valence-corrected chi connectivity index (χ2v) is 5.56. The first kappa shape index (κ1) is 10.9. The highest BCUT2D eigenvalue weighted by Gasteiger charge is 2.10. The molecule has 0 fully saturated rings. The topological polar surface area (TPSA) is 30.7 Å². The summed E-state index contributed by atoms with van der Waals surface area (Å²) in [6.45, 7) is 2.14. The summed E-state index contributed by atoms with van der Waals surface area (Å²) in [4.78, 5) is 2.60. The summed E-state index contributed by atoms with van der Waals surface area (Å²) in [6.07, 6.45) is 3.35. The van der Waals surface area contributed by atoms with Crippen LogP contribution in [0.25, 0.3) is 5.69 Å². The maximum atomic E-state index is 4.34. The standard InChI is InChI=1S/C10H10IN3S/c1-7(11)9-6-8(15)2-3-10(9)14-12-4-5-13-14/h2-7,15H,1H3. The van der Waals surface area contributed by atoms with E-state index >= 15 is 0 Å². The number of nitrogens with zero attached hydrogens (tertiary/aromatic N) is 3. The van der Waals surface area contributed by atoms with Gasteiger partial charge in [-0.1, -0.05) is 22.6 Å². The summed E-state index contributed by atoms with van der Waals surface area (Å²) in [5.41, 5.74) is 2.21. The highest BCUT2D eigenvalue weighted by atomic mass is 127. The molecule has 2 aromatic rings. The molecule has 0 spiro atoms. The van der Waals surface area contributed by atoms with Crippen molar-refractivity contribution in [2.45, 2.75) is 15.7 Å². The molecule has 1 aromatic carbocycles. The van der Waals surface area contributed by atoms with Gasteiger partial charge in [-0.05, 0) is 30.7 Å². The van der Waals surface area contributed by atoms with Gasteiger partial charge in [0.25, 0.3) is 0 Å². The van der Waals surface area contributed by atoms with Crippen LogP contribution in [-0.2, 0) is 0 Å². The fourth-order valence-corrected chi connectivity index (χ4v) is 2.10. The maximum Gasteiger partial charge on any atom is 0.0899 e. The third-order valence-corrected chi connectivity index (χ3v) is 3.02. The molecular formula is C10H10IN3S. The van der Waals surface area contributed by atoms with Crippen molar-refractivity contribution in [3.05, 3.63) is 36.2 Å². The van der Waals surface area contributed by atoms with E-state index in [1.807, 2.05) is 12.1 Å². The Labute approximate surface area is 107 Å². The van der Waals surface area contributed by atoms with Crippen LogP contribution in [-0.4, -0.2) is 15.0 Å². The number of aromatic nitrogens is 3. The number of hydrogen-bond acceptors (Lipinski definition) is 3. The Morgan fingerprint density at radius 2 is 2.00 bits per heavy atom. The Bertz CT molecular complexity index is 454. The van der Waals surface area contributed by atoms with Crippen molar-refractivity contribution in [1.29, 1.82) is 0 Å². The van der Waals surface area contributed by atoms with Gasteiger partial charge in [-0.25, -0.2) is 0 Å². The summed E-state index contributed by atoms with van der Waals surface area (Å²) >= 11 is 6.71. The molecule has 0 saturated heterocycles. The van der Waals surface area contributed by atoms with Crippen molar-refractivity contribution in [2.75, 3.05) is 0 Å². The van der Waals surface area contributed by atoms with Gasteiger partial charge in [0.15, 0.2) is 0 Å². The molecular weight excluding hydrogens is 321 g/mol. The summed E-state index contributed by atoms with van der Waals surface area (Å²) in [5.74, 6) is 0. The Morgan fingerprint density at radius 1 is 1.33 bits per heavy atom. The lowest BCUT2D eigenvalue weighted by Crippen LogP contribution is -2.03. The van der Waals surface area contributed by atoms with Crippen LogP contribution in [0.3, 0.4) is 0 Å². The van der Waals surface area contributed by atoms with E-state index in [0.717, 1.165) is 10.6 Å². The lowest BCUT2D eigenvalue weighted by Gasteiger charge is -2.11. The monoisotopic (exact) mass is 331 g/mol. The molecule has 0 saturated carbocycles. The fraction of sp³-hybridized carbons (Fsp3) is 0.200. The van der Waals surface area contributed by atoms with E-state index in [1.54, 1.807) is 17.2 Å². The molecule has 0 aliphatic carbocycles. The van der Waals surface area contributed by atoms with E-state index in [1.165, 1.54) is 5.56 Å². The Hall–Kier alpha value is -0.560. The lowest BCUT2D eigenvalue weighted by atomic mass is 10.1. The SMILES string of the molecule is CC(I)c1cc(S)ccc1-n1nccn1. The predicted octanol–water partition coefficient (Wildman–Crippen LogP) is 3.05. The van der Waals surface area contributed by atoms with E-state index in [-0.39, 0.29) is 0 Å². The minimum atomic E-state index is 0.399. The van der Waals surface area contributed by atoms with Crippen LogP contribution in [0.2, 0.25) is 0 Å². The molecule has 15 heavy (non-hydrogen) atoms. The molecule has 0 amide bonds. The number of thiol groups is 1. The van der Waals surface area contributed by atoms with E-state index in [4.69, 9.17) is 0 Å². The Balaban J connectivity index is 2.56. The van der Waals surface area contributed by atoms with Crippen molar-refractivity contribution < 1.29 is 0 Å². The zero-order chi connectivity index (χ0) is 10.8. The smallest absolute Gasteiger partial charge is 0.0899 e. The summed E-state index contributed by atoms with van der Waals surface area (Å²) in [7, 11) is 0. The lowest BCUT2D eigenvalue weighted by molar-refractivity contribution is 0.742. The molecule has 78 valence electrons. The third-order valence-electron chi connectivity index (χ3n) is 2.07. The maximum absolute atomic E-state index is 4.34. The van der Waals surface area contributed by atoms with Crippen molar-refractivity contribution >= 4 is 35.2 Å². The zero-order valence-corrected chi connectivity index (χ0v) is 11.2. The molecule has 2 rings (SSSR count). The average molecular weight is 331 g/mol. The van der Waals surface area contributed by atoms with Gasteiger partial charge in [0.05, 0.1) is 18.1 Å². The van der Waals surface area contributed by atoms with Gasteiger partial charge in [0, 0.05) is 8.82 Å². The van der Waals surface area contributed by atoms with Crippen LogP contribution in [0.4, 0.5) is 0 Å². The summed E-state index contributed by atoms with van der Waals surface area (Å²) in [6, 6.07) is 6.00. The molecule has 0 aliphatic rings. The van der Waals surface area contributed by atoms with Crippen LogP contribution >= 0.6 is 35.2 Å². The molecule has 0 N–H and O–H groups in total. The van der Waals surface area contributed by atoms with E-state index in [2.05, 4.69) is 58.4 Å². The van der Waals surface area contributed by atoms with Gasteiger partial charge in [-0.3, -0.25) is 0 Å². The number of rotatable bonds is 2. The van der Waals surface area contributed by atoms with Crippen LogP contribution in [0, 0.1) is 0 Å². The van der Waals surface area contributed by atoms with Crippen molar-refractivity contribution in [3.63, 3.8) is 0 Å². The van der Waals surface area contributed by atoms with Gasteiger partial charge in [0.2, 0.25) is 0 Å². The first-order chi connectivity index (χ1) is 7.18. The zero-order valence-electron chi connectivity index (χ0n) is 8.13. The largest absolute Gasteiger partial charge is 0.157 e. The molecule has 0 bridgehead atoms. The predicted molar refractivity (Wildman–Crippen MR) is 71.0 cm³/mol. The molecule has 0 aliphatic heterocycles. The van der Waals surface area contributed by atoms with Gasteiger partial charge in [-0.2, -0.15) is 15.0 Å². The average Bonchev–Trinajstić information content (AvgIpc) is 2.70. The molecule has 1 aromatic heterocycles. The number of halogens is 1. The van der Waals surface area contributed by atoms with Crippen LogP contribution in [0.15, 0.2) is 35.5 Å². The molecule has 3 nitrogen and oxygen atoms in total.